The summed E-state index contributed by atoms with van der Waals surface area (Å²) >= 11 is 0. The Bertz CT molecular complexity index is 1120. The average molecular weight is 436 g/mol. The molecule has 3 aromatic rings. The highest BCUT2D eigenvalue weighted by Crippen LogP contribution is 2.28. The van der Waals surface area contributed by atoms with Crippen LogP contribution in [0.5, 0.6) is 17.2 Å². The van der Waals surface area contributed by atoms with Crippen molar-refractivity contribution < 1.29 is 14.6 Å². The average Bonchev–Trinajstić information content (AvgIpc) is 2.84. The van der Waals surface area contributed by atoms with Crippen molar-refractivity contribution in [1.29, 1.82) is 0 Å². The summed E-state index contributed by atoms with van der Waals surface area (Å²) in [4.78, 5) is 17.3. The smallest absolute Gasteiger partial charge is 0.293 e. The number of methoxy groups -OCH3 is 2. The number of pyridine rings is 1. The van der Waals surface area contributed by atoms with E-state index < -0.39 is 0 Å². The lowest BCUT2D eigenvalue weighted by Gasteiger charge is -2.36. The van der Waals surface area contributed by atoms with Gasteiger partial charge in [-0.2, -0.15) is 0 Å². The van der Waals surface area contributed by atoms with Gasteiger partial charge in [-0.1, -0.05) is 24.3 Å². The van der Waals surface area contributed by atoms with E-state index in [1.165, 1.54) is 4.57 Å². The number of hydrogen-bond donors (Lipinski definition) is 1. The summed E-state index contributed by atoms with van der Waals surface area (Å²) in [5.41, 5.74) is 2.31. The van der Waals surface area contributed by atoms with Crippen LogP contribution in [-0.4, -0.2) is 55.0 Å². The van der Waals surface area contributed by atoms with Gasteiger partial charge in [-0.25, -0.2) is 0 Å². The molecule has 7 heteroatoms. The van der Waals surface area contributed by atoms with Gasteiger partial charge in [0.25, 0.3) is 5.56 Å². The Morgan fingerprint density at radius 1 is 0.906 bits per heavy atom. The Hall–Kier alpha value is -3.45. The van der Waals surface area contributed by atoms with E-state index in [9.17, 15) is 9.90 Å². The van der Waals surface area contributed by atoms with E-state index in [0.717, 1.165) is 48.9 Å². The molecule has 4 rings (SSSR count). The van der Waals surface area contributed by atoms with Crippen LogP contribution < -0.4 is 19.9 Å². The van der Waals surface area contributed by atoms with Crippen molar-refractivity contribution in [2.45, 2.75) is 13.1 Å². The molecule has 1 aliphatic rings. The topological polar surface area (TPSA) is 67.2 Å². The predicted molar refractivity (Wildman–Crippen MR) is 125 cm³/mol. The van der Waals surface area contributed by atoms with E-state index in [1.54, 1.807) is 20.4 Å². The zero-order valence-corrected chi connectivity index (χ0v) is 18.5. The van der Waals surface area contributed by atoms with E-state index in [4.69, 9.17) is 9.47 Å². The predicted octanol–water partition coefficient (Wildman–Crippen LogP) is 2.94. The van der Waals surface area contributed by atoms with Crippen molar-refractivity contribution in [3.63, 3.8) is 0 Å². The van der Waals surface area contributed by atoms with Crippen molar-refractivity contribution >= 4 is 5.69 Å². The molecular formula is C25H29N3O4. The number of hydrogen-bond acceptors (Lipinski definition) is 6. The highest BCUT2D eigenvalue weighted by atomic mass is 16.5. The van der Waals surface area contributed by atoms with Gasteiger partial charge in [0.1, 0.15) is 11.5 Å². The molecule has 1 fully saturated rings. The number of rotatable bonds is 7. The van der Waals surface area contributed by atoms with E-state index in [1.807, 2.05) is 48.5 Å². The maximum Gasteiger partial charge on any atom is 0.293 e. The molecular weight excluding hydrogens is 406 g/mol. The van der Waals surface area contributed by atoms with E-state index in [2.05, 4.69) is 15.9 Å². The molecule has 1 N–H and O–H groups in total. The van der Waals surface area contributed by atoms with Crippen LogP contribution >= 0.6 is 0 Å². The summed E-state index contributed by atoms with van der Waals surface area (Å²) in [5.74, 6) is 1.43. The Morgan fingerprint density at radius 2 is 1.69 bits per heavy atom. The van der Waals surface area contributed by atoms with Gasteiger partial charge in [0, 0.05) is 44.5 Å². The minimum atomic E-state index is -0.377. The van der Waals surface area contributed by atoms with Crippen LogP contribution in [0.3, 0.4) is 0 Å². The molecule has 1 aliphatic heterocycles. The molecule has 0 aliphatic carbocycles. The number of nitrogens with zero attached hydrogens (tertiary/aromatic N) is 3. The summed E-state index contributed by atoms with van der Waals surface area (Å²) in [6.07, 6.45) is 1.75. The molecule has 0 atom stereocenters. The first-order valence-corrected chi connectivity index (χ1v) is 10.7. The fourth-order valence-electron chi connectivity index (χ4n) is 4.10. The third kappa shape index (κ3) is 4.73. The Kier molecular flexibility index (Phi) is 6.66. The van der Waals surface area contributed by atoms with Crippen molar-refractivity contribution in [3.05, 3.63) is 82.3 Å². The number of aromatic hydroxyl groups is 1. The summed E-state index contributed by atoms with van der Waals surface area (Å²) in [7, 11) is 3.30. The maximum atomic E-state index is 12.7. The van der Waals surface area contributed by atoms with Gasteiger partial charge in [-0.3, -0.25) is 9.69 Å². The molecule has 0 unspecified atom stereocenters. The van der Waals surface area contributed by atoms with E-state index in [0.29, 0.717) is 18.7 Å². The zero-order valence-electron chi connectivity index (χ0n) is 18.5. The van der Waals surface area contributed by atoms with Crippen LogP contribution in [0.15, 0.2) is 65.6 Å². The van der Waals surface area contributed by atoms with E-state index >= 15 is 0 Å². The first kappa shape index (κ1) is 21.8. The highest BCUT2D eigenvalue weighted by molar-refractivity contribution is 5.58. The van der Waals surface area contributed by atoms with Gasteiger partial charge < -0.3 is 24.0 Å². The van der Waals surface area contributed by atoms with Gasteiger partial charge >= 0.3 is 0 Å². The fourth-order valence-corrected chi connectivity index (χ4v) is 4.10. The van der Waals surface area contributed by atoms with Gasteiger partial charge in [-0.05, 0) is 35.9 Å². The maximum absolute atomic E-state index is 12.7. The number of para-hydroxylation sites is 2. The van der Waals surface area contributed by atoms with Crippen LogP contribution in [0.2, 0.25) is 0 Å². The van der Waals surface area contributed by atoms with Crippen molar-refractivity contribution in [2.24, 2.45) is 0 Å². The normalized spacial score (nSPS) is 14.4. The molecule has 168 valence electrons. The summed E-state index contributed by atoms with van der Waals surface area (Å²) in [6, 6.07) is 17.4. The number of piperazine rings is 1. The lowest BCUT2D eigenvalue weighted by Crippen LogP contribution is -2.46. The molecule has 1 aromatic heterocycles. The van der Waals surface area contributed by atoms with Crippen LogP contribution in [0.1, 0.15) is 11.1 Å². The molecule has 0 saturated carbocycles. The van der Waals surface area contributed by atoms with E-state index in [-0.39, 0.29) is 11.3 Å². The van der Waals surface area contributed by atoms with Crippen LogP contribution in [0.25, 0.3) is 0 Å². The molecule has 0 spiro atoms. The minimum Gasteiger partial charge on any atom is -0.503 e. The molecule has 0 bridgehead atoms. The second-order valence-electron chi connectivity index (χ2n) is 7.91. The first-order chi connectivity index (χ1) is 15.6. The van der Waals surface area contributed by atoms with Gasteiger partial charge in [-0.15, -0.1) is 0 Å². The Labute approximate surface area is 188 Å². The van der Waals surface area contributed by atoms with Crippen molar-refractivity contribution in [3.8, 4) is 17.2 Å². The summed E-state index contributed by atoms with van der Waals surface area (Å²) in [6.45, 7) is 4.30. The molecule has 7 nitrogen and oxygen atoms in total. The summed E-state index contributed by atoms with van der Waals surface area (Å²) < 4.78 is 12.3. The van der Waals surface area contributed by atoms with Crippen LogP contribution in [0, 0.1) is 0 Å². The van der Waals surface area contributed by atoms with Gasteiger partial charge in [0.2, 0.25) is 0 Å². The number of benzene rings is 2. The van der Waals surface area contributed by atoms with Crippen LogP contribution in [-0.2, 0) is 13.1 Å². The lowest BCUT2D eigenvalue weighted by atomic mass is 10.1. The van der Waals surface area contributed by atoms with Gasteiger partial charge in [0.15, 0.2) is 5.75 Å². The highest BCUT2D eigenvalue weighted by Gasteiger charge is 2.21. The second-order valence-corrected chi connectivity index (χ2v) is 7.91. The molecule has 2 heterocycles. The summed E-state index contributed by atoms with van der Waals surface area (Å²) in [5, 5.41) is 10.6. The fraction of sp³-hybridized carbons (Fsp3) is 0.320. The number of ether oxygens (including phenoxy) is 2. The zero-order chi connectivity index (χ0) is 22.5. The minimum absolute atomic E-state index is 0.178. The molecule has 1 saturated heterocycles. The molecule has 2 aromatic carbocycles. The molecule has 0 radical (unpaired) electrons. The van der Waals surface area contributed by atoms with Crippen LogP contribution in [0.4, 0.5) is 5.69 Å². The van der Waals surface area contributed by atoms with Gasteiger partial charge in [0.05, 0.1) is 26.5 Å². The largest absolute Gasteiger partial charge is 0.503 e. The molecule has 32 heavy (non-hydrogen) atoms. The Morgan fingerprint density at radius 3 is 2.44 bits per heavy atom. The third-order valence-electron chi connectivity index (χ3n) is 5.90. The quantitative estimate of drug-likeness (QED) is 0.616. The molecule has 0 amide bonds. The number of aromatic nitrogens is 1. The monoisotopic (exact) mass is 435 g/mol. The van der Waals surface area contributed by atoms with Crippen molar-refractivity contribution in [2.75, 3.05) is 45.3 Å². The SMILES string of the molecule is COc1cccc(Cn2ccc(CN3CCN(c4ccccc4OC)CC3)c(O)c2=O)c1. The number of anilines is 1. The second kappa shape index (κ2) is 9.78. The first-order valence-electron chi connectivity index (χ1n) is 10.7. The lowest BCUT2D eigenvalue weighted by molar-refractivity contribution is 0.245. The Balaban J connectivity index is 1.41. The third-order valence-corrected chi connectivity index (χ3v) is 5.90. The standard InChI is InChI=1S/C25H29N3O4/c1-31-21-7-5-6-19(16-21)17-28-11-10-20(24(29)25(28)30)18-26-12-14-27(15-13-26)22-8-3-4-9-23(22)32-2/h3-11,16,29H,12-15,17-18H2,1-2H3. The van der Waals surface area contributed by atoms with Crippen molar-refractivity contribution in [1.82, 2.24) is 9.47 Å².